The smallest absolute Gasteiger partial charge is 0.410 e. The molecule has 4 rings (SSSR count). The van der Waals surface area contributed by atoms with Gasteiger partial charge in [-0.05, 0) is 57.6 Å². The monoisotopic (exact) mass is 463 g/mol. The van der Waals surface area contributed by atoms with Crippen LogP contribution in [-0.4, -0.2) is 64.7 Å². The number of hydrogen-bond acceptors (Lipinski definition) is 4. The summed E-state index contributed by atoms with van der Waals surface area (Å²) in [5.74, 6) is 0. The van der Waals surface area contributed by atoms with Crippen LogP contribution in [0.1, 0.15) is 57.6 Å². The van der Waals surface area contributed by atoms with Gasteiger partial charge in [-0.1, -0.05) is 60.7 Å². The van der Waals surface area contributed by atoms with E-state index in [0.29, 0.717) is 12.1 Å². The van der Waals surface area contributed by atoms with Crippen molar-refractivity contribution in [3.8, 4) is 0 Å². The van der Waals surface area contributed by atoms with Crippen LogP contribution in [0, 0.1) is 0 Å². The Morgan fingerprint density at radius 1 is 0.824 bits per heavy atom. The summed E-state index contributed by atoms with van der Waals surface area (Å²) in [6.07, 6.45) is 4.76. The zero-order valence-corrected chi connectivity index (χ0v) is 21.2. The van der Waals surface area contributed by atoms with Crippen LogP contribution in [0.3, 0.4) is 0 Å². The lowest BCUT2D eigenvalue weighted by atomic mass is 9.88. The van der Waals surface area contributed by atoms with E-state index in [4.69, 9.17) is 4.74 Å². The first-order valence-electron chi connectivity index (χ1n) is 12.9. The molecule has 2 aliphatic rings. The standard InChI is InChI=1S/C29H41N3O2/c1-29(2,3)34-28(33)31-20-18-30(19-21-31)26-14-16-27(17-15-26)32(22-24-10-6-4-7-11-24)23-25-12-8-5-9-13-25/h4-13,26-27H,14-23H2,1-3H3. The molecule has 2 aromatic carbocycles. The van der Waals surface area contributed by atoms with Gasteiger partial charge in [-0.2, -0.15) is 0 Å². The number of nitrogens with zero attached hydrogens (tertiary/aromatic N) is 3. The van der Waals surface area contributed by atoms with Crippen molar-refractivity contribution in [2.24, 2.45) is 0 Å². The molecule has 0 aromatic heterocycles. The highest BCUT2D eigenvalue weighted by Crippen LogP contribution is 2.29. The second kappa shape index (κ2) is 11.4. The van der Waals surface area contributed by atoms with Gasteiger partial charge in [-0.25, -0.2) is 4.79 Å². The largest absolute Gasteiger partial charge is 0.444 e. The number of carbonyl (C=O) groups is 1. The quantitative estimate of drug-likeness (QED) is 0.563. The van der Waals surface area contributed by atoms with E-state index in [9.17, 15) is 4.79 Å². The molecule has 184 valence electrons. The topological polar surface area (TPSA) is 36.0 Å². The Hall–Kier alpha value is -2.37. The molecule has 1 aliphatic heterocycles. The minimum absolute atomic E-state index is 0.173. The van der Waals surface area contributed by atoms with Gasteiger partial charge < -0.3 is 9.64 Å². The molecule has 2 aromatic rings. The molecule has 5 nitrogen and oxygen atoms in total. The average molecular weight is 464 g/mol. The van der Waals surface area contributed by atoms with E-state index in [0.717, 1.165) is 39.3 Å². The van der Waals surface area contributed by atoms with Gasteiger partial charge >= 0.3 is 6.09 Å². The number of piperazine rings is 1. The highest BCUT2D eigenvalue weighted by molar-refractivity contribution is 5.68. The van der Waals surface area contributed by atoms with E-state index in [1.165, 1.54) is 36.8 Å². The van der Waals surface area contributed by atoms with Crippen LogP contribution >= 0.6 is 0 Å². The number of hydrogen-bond donors (Lipinski definition) is 0. The van der Waals surface area contributed by atoms with Gasteiger partial charge in [-0.3, -0.25) is 9.80 Å². The molecule has 0 radical (unpaired) electrons. The zero-order chi connectivity index (χ0) is 24.0. The van der Waals surface area contributed by atoms with Gasteiger partial charge in [0.1, 0.15) is 5.60 Å². The molecule has 0 N–H and O–H groups in total. The van der Waals surface area contributed by atoms with Gasteiger partial charge in [0, 0.05) is 51.4 Å². The maximum absolute atomic E-state index is 12.4. The van der Waals surface area contributed by atoms with Crippen molar-refractivity contribution in [1.82, 2.24) is 14.7 Å². The predicted molar refractivity (Wildman–Crippen MR) is 138 cm³/mol. The highest BCUT2D eigenvalue weighted by Gasteiger charge is 2.32. The van der Waals surface area contributed by atoms with E-state index in [1.54, 1.807) is 0 Å². The molecule has 0 atom stereocenters. The Bertz CT molecular complexity index is 839. The Kier molecular flexibility index (Phi) is 8.28. The summed E-state index contributed by atoms with van der Waals surface area (Å²) in [5.41, 5.74) is 2.34. The lowest BCUT2D eigenvalue weighted by Crippen LogP contribution is -2.54. The maximum atomic E-state index is 12.4. The first kappa shape index (κ1) is 24.7. The van der Waals surface area contributed by atoms with Crippen LogP contribution in [-0.2, 0) is 17.8 Å². The summed E-state index contributed by atoms with van der Waals surface area (Å²) in [6, 6.07) is 23.0. The number of ether oxygens (including phenoxy) is 1. The fourth-order valence-electron chi connectivity index (χ4n) is 5.33. The van der Waals surface area contributed by atoms with E-state index in [2.05, 4.69) is 70.5 Å². The van der Waals surface area contributed by atoms with Crippen molar-refractivity contribution < 1.29 is 9.53 Å². The molecule has 0 unspecified atom stereocenters. The summed E-state index contributed by atoms with van der Waals surface area (Å²) >= 11 is 0. The first-order valence-corrected chi connectivity index (χ1v) is 12.9. The third-order valence-corrected chi connectivity index (χ3v) is 7.12. The number of rotatable bonds is 6. The minimum atomic E-state index is -0.433. The van der Waals surface area contributed by atoms with Gasteiger partial charge in [0.05, 0.1) is 0 Å². The van der Waals surface area contributed by atoms with Crippen molar-refractivity contribution in [1.29, 1.82) is 0 Å². The lowest BCUT2D eigenvalue weighted by Gasteiger charge is -2.44. The van der Waals surface area contributed by atoms with Crippen LogP contribution in [0.25, 0.3) is 0 Å². The molecule has 2 fully saturated rings. The van der Waals surface area contributed by atoms with Crippen molar-refractivity contribution in [3.05, 3.63) is 71.8 Å². The molecule has 34 heavy (non-hydrogen) atoms. The molecule has 0 bridgehead atoms. The van der Waals surface area contributed by atoms with Crippen molar-refractivity contribution in [2.75, 3.05) is 26.2 Å². The Labute approximate surface area is 205 Å². The van der Waals surface area contributed by atoms with Crippen LogP contribution in [0.2, 0.25) is 0 Å². The highest BCUT2D eigenvalue weighted by atomic mass is 16.6. The molecule has 1 saturated carbocycles. The molecule has 1 saturated heterocycles. The van der Waals surface area contributed by atoms with Gasteiger partial charge in [0.15, 0.2) is 0 Å². The van der Waals surface area contributed by atoms with Crippen molar-refractivity contribution >= 4 is 6.09 Å². The van der Waals surface area contributed by atoms with Gasteiger partial charge in [0.2, 0.25) is 0 Å². The summed E-state index contributed by atoms with van der Waals surface area (Å²) in [4.78, 5) is 19.6. The molecule has 1 aliphatic carbocycles. The van der Waals surface area contributed by atoms with Crippen molar-refractivity contribution in [3.63, 3.8) is 0 Å². The molecule has 5 heteroatoms. The molecular formula is C29H41N3O2. The van der Waals surface area contributed by atoms with Crippen LogP contribution < -0.4 is 0 Å². The predicted octanol–water partition coefficient (Wildman–Crippen LogP) is 5.55. The van der Waals surface area contributed by atoms with Gasteiger partial charge in [-0.15, -0.1) is 0 Å². The van der Waals surface area contributed by atoms with E-state index in [1.807, 2.05) is 25.7 Å². The summed E-state index contributed by atoms with van der Waals surface area (Å²) < 4.78 is 5.56. The van der Waals surface area contributed by atoms with E-state index >= 15 is 0 Å². The van der Waals surface area contributed by atoms with Crippen molar-refractivity contribution in [2.45, 2.75) is 77.2 Å². The summed E-state index contributed by atoms with van der Waals surface area (Å²) in [6.45, 7) is 11.2. The lowest BCUT2D eigenvalue weighted by molar-refractivity contribution is 0.00534. The summed E-state index contributed by atoms with van der Waals surface area (Å²) in [5, 5.41) is 0. The fraction of sp³-hybridized carbons (Fsp3) is 0.552. The number of carbonyl (C=O) groups excluding carboxylic acids is 1. The third-order valence-electron chi connectivity index (χ3n) is 7.12. The van der Waals surface area contributed by atoms with Crippen LogP contribution in [0.15, 0.2) is 60.7 Å². The Morgan fingerprint density at radius 3 is 1.79 bits per heavy atom. The molecule has 1 heterocycles. The zero-order valence-electron chi connectivity index (χ0n) is 21.2. The normalized spacial score (nSPS) is 22.1. The second-order valence-corrected chi connectivity index (χ2v) is 10.8. The maximum Gasteiger partial charge on any atom is 0.410 e. The average Bonchev–Trinajstić information content (AvgIpc) is 2.84. The Morgan fingerprint density at radius 2 is 1.32 bits per heavy atom. The number of benzene rings is 2. The minimum Gasteiger partial charge on any atom is -0.444 e. The second-order valence-electron chi connectivity index (χ2n) is 10.8. The van der Waals surface area contributed by atoms with E-state index < -0.39 is 5.60 Å². The number of amides is 1. The molecular weight excluding hydrogens is 422 g/mol. The van der Waals surface area contributed by atoms with E-state index in [-0.39, 0.29) is 6.09 Å². The molecule has 1 amide bonds. The van der Waals surface area contributed by atoms with Crippen LogP contribution in [0.4, 0.5) is 4.79 Å². The summed E-state index contributed by atoms with van der Waals surface area (Å²) in [7, 11) is 0. The third kappa shape index (κ3) is 7.07. The van der Waals surface area contributed by atoms with Gasteiger partial charge in [0.25, 0.3) is 0 Å². The van der Waals surface area contributed by atoms with Crippen LogP contribution in [0.5, 0.6) is 0 Å². The fourth-order valence-corrected chi connectivity index (χ4v) is 5.33. The Balaban J connectivity index is 1.30. The SMILES string of the molecule is CC(C)(C)OC(=O)N1CCN(C2CCC(N(Cc3ccccc3)Cc3ccccc3)CC2)CC1. The molecule has 0 spiro atoms. The first-order chi connectivity index (χ1) is 16.4.